The number of nitrogens with one attached hydrogen (secondary N) is 2. The molecule has 2 fully saturated rings. The molecule has 3 unspecified atom stereocenters. The van der Waals surface area contributed by atoms with Crippen molar-refractivity contribution < 1.29 is 14.3 Å². The summed E-state index contributed by atoms with van der Waals surface area (Å²) in [6, 6.07) is 6.25. The number of fused-ring (bicyclic) bond motifs is 2. The number of amides is 1. The highest BCUT2D eigenvalue weighted by Crippen LogP contribution is 2.35. The van der Waals surface area contributed by atoms with Crippen LogP contribution in [-0.4, -0.2) is 32.2 Å². The van der Waals surface area contributed by atoms with Crippen LogP contribution in [0.2, 0.25) is 0 Å². The molecule has 0 radical (unpaired) electrons. The molecule has 3 atom stereocenters. The minimum absolute atomic E-state index is 0.0599. The molecule has 3 rings (SSSR count). The third-order valence-corrected chi connectivity index (χ3v) is 4.30. The van der Waals surface area contributed by atoms with Gasteiger partial charge in [-0.3, -0.25) is 4.79 Å². The summed E-state index contributed by atoms with van der Waals surface area (Å²) in [6.07, 6.45) is 3.22. The van der Waals surface area contributed by atoms with Crippen LogP contribution in [-0.2, 0) is 4.79 Å². The van der Waals surface area contributed by atoms with E-state index in [2.05, 4.69) is 10.6 Å². The van der Waals surface area contributed by atoms with Gasteiger partial charge in [-0.15, -0.1) is 0 Å². The van der Waals surface area contributed by atoms with E-state index in [0.29, 0.717) is 29.3 Å². The largest absolute Gasteiger partial charge is 0.497 e. The molecule has 1 amide bonds. The minimum Gasteiger partial charge on any atom is -0.497 e. The van der Waals surface area contributed by atoms with E-state index in [1.54, 1.807) is 26.4 Å². The summed E-state index contributed by atoms with van der Waals surface area (Å²) in [6.45, 7) is 0. The van der Waals surface area contributed by atoms with Crippen LogP contribution in [0.25, 0.3) is 0 Å². The van der Waals surface area contributed by atoms with Crippen molar-refractivity contribution in [3.8, 4) is 11.5 Å². The van der Waals surface area contributed by atoms with Gasteiger partial charge in [-0.25, -0.2) is 0 Å². The average Bonchev–Trinajstić information content (AvgIpc) is 3.09. The minimum atomic E-state index is 0.0599. The standard InChI is InChI=1S/C15H20N2O3/c1-19-10-4-6-14(20-2)13(8-10)17-15(18)11-7-9-3-5-12(11)16-9/h4,6,8-9,11-12,16H,3,5,7H2,1-2H3,(H,17,18). The normalized spacial score (nSPS) is 27.4. The third-order valence-electron chi connectivity index (χ3n) is 4.30. The summed E-state index contributed by atoms with van der Waals surface area (Å²) in [5.74, 6) is 1.48. The molecule has 2 aliphatic rings. The highest BCUT2D eigenvalue weighted by atomic mass is 16.5. The Morgan fingerprint density at radius 2 is 2.15 bits per heavy atom. The Balaban J connectivity index is 1.75. The molecule has 108 valence electrons. The van der Waals surface area contributed by atoms with Crippen molar-refractivity contribution in [1.82, 2.24) is 5.32 Å². The molecule has 2 heterocycles. The van der Waals surface area contributed by atoms with Crippen molar-refractivity contribution >= 4 is 11.6 Å². The van der Waals surface area contributed by atoms with Crippen LogP contribution in [0.3, 0.4) is 0 Å². The SMILES string of the molecule is COc1ccc(OC)c(NC(=O)C2CC3CCC2N3)c1. The molecule has 5 heteroatoms. The Hall–Kier alpha value is -1.75. The molecule has 0 saturated carbocycles. The van der Waals surface area contributed by atoms with Gasteiger partial charge in [0.05, 0.1) is 25.8 Å². The predicted molar refractivity (Wildman–Crippen MR) is 76.2 cm³/mol. The third kappa shape index (κ3) is 2.33. The number of rotatable bonds is 4. The van der Waals surface area contributed by atoms with Gasteiger partial charge in [0, 0.05) is 18.2 Å². The Labute approximate surface area is 118 Å². The number of carbonyl (C=O) groups excluding carboxylic acids is 1. The van der Waals surface area contributed by atoms with Gasteiger partial charge in [-0.05, 0) is 31.4 Å². The summed E-state index contributed by atoms with van der Waals surface area (Å²) >= 11 is 0. The first-order valence-corrected chi connectivity index (χ1v) is 7.00. The van der Waals surface area contributed by atoms with Crippen molar-refractivity contribution in [1.29, 1.82) is 0 Å². The van der Waals surface area contributed by atoms with Crippen molar-refractivity contribution in [2.75, 3.05) is 19.5 Å². The molecule has 0 aromatic heterocycles. The first-order chi connectivity index (χ1) is 9.71. The molecule has 1 aromatic carbocycles. The van der Waals surface area contributed by atoms with E-state index in [9.17, 15) is 4.79 Å². The maximum absolute atomic E-state index is 12.4. The topological polar surface area (TPSA) is 59.6 Å². The number of benzene rings is 1. The Morgan fingerprint density at radius 3 is 2.75 bits per heavy atom. The second-order valence-electron chi connectivity index (χ2n) is 5.45. The van der Waals surface area contributed by atoms with Crippen LogP contribution >= 0.6 is 0 Å². The van der Waals surface area contributed by atoms with Gasteiger partial charge in [-0.2, -0.15) is 0 Å². The van der Waals surface area contributed by atoms with Crippen molar-refractivity contribution in [3.05, 3.63) is 18.2 Å². The number of methoxy groups -OCH3 is 2. The fraction of sp³-hybridized carbons (Fsp3) is 0.533. The zero-order valence-corrected chi connectivity index (χ0v) is 11.8. The summed E-state index contributed by atoms with van der Waals surface area (Å²) in [5.41, 5.74) is 0.666. The van der Waals surface area contributed by atoms with E-state index in [1.807, 2.05) is 6.07 Å². The maximum Gasteiger partial charge on any atom is 0.229 e. The monoisotopic (exact) mass is 276 g/mol. The predicted octanol–water partition coefficient (Wildman–Crippen LogP) is 1.78. The molecule has 20 heavy (non-hydrogen) atoms. The smallest absolute Gasteiger partial charge is 0.229 e. The maximum atomic E-state index is 12.4. The van der Waals surface area contributed by atoms with Crippen molar-refractivity contribution in [3.63, 3.8) is 0 Å². The van der Waals surface area contributed by atoms with E-state index >= 15 is 0 Å². The molecule has 2 saturated heterocycles. The summed E-state index contributed by atoms with van der Waals surface area (Å²) in [4.78, 5) is 12.4. The lowest BCUT2D eigenvalue weighted by Gasteiger charge is -2.20. The molecule has 2 N–H and O–H groups in total. The van der Waals surface area contributed by atoms with Gasteiger partial charge >= 0.3 is 0 Å². The second kappa shape index (κ2) is 5.32. The fourth-order valence-electron chi connectivity index (χ4n) is 3.25. The summed E-state index contributed by atoms with van der Waals surface area (Å²) < 4.78 is 10.5. The van der Waals surface area contributed by atoms with E-state index in [0.717, 1.165) is 12.8 Å². The van der Waals surface area contributed by atoms with Gasteiger partial charge in [0.15, 0.2) is 0 Å². The van der Waals surface area contributed by atoms with Gasteiger partial charge in [-0.1, -0.05) is 0 Å². The van der Waals surface area contributed by atoms with Crippen LogP contribution in [0.1, 0.15) is 19.3 Å². The summed E-state index contributed by atoms with van der Waals surface area (Å²) in [5, 5.41) is 6.46. The fourth-order valence-corrected chi connectivity index (χ4v) is 3.25. The first-order valence-electron chi connectivity index (χ1n) is 7.00. The highest BCUT2D eigenvalue weighted by Gasteiger charge is 2.42. The van der Waals surface area contributed by atoms with Crippen LogP contribution in [0.15, 0.2) is 18.2 Å². The number of ether oxygens (including phenoxy) is 2. The molecule has 0 aliphatic carbocycles. The number of anilines is 1. The zero-order chi connectivity index (χ0) is 14.1. The lowest BCUT2D eigenvalue weighted by Crippen LogP contribution is -2.32. The van der Waals surface area contributed by atoms with Crippen LogP contribution < -0.4 is 20.1 Å². The number of carbonyl (C=O) groups is 1. The lowest BCUT2D eigenvalue weighted by atomic mass is 9.88. The lowest BCUT2D eigenvalue weighted by molar-refractivity contribution is -0.120. The molecular formula is C15H20N2O3. The quantitative estimate of drug-likeness (QED) is 0.880. The van der Waals surface area contributed by atoms with Gasteiger partial charge in [0.25, 0.3) is 0 Å². The Morgan fingerprint density at radius 1 is 1.30 bits per heavy atom. The molecule has 1 aromatic rings. The van der Waals surface area contributed by atoms with Crippen LogP contribution in [0, 0.1) is 5.92 Å². The zero-order valence-electron chi connectivity index (χ0n) is 11.8. The van der Waals surface area contributed by atoms with Gasteiger partial charge in [0.1, 0.15) is 11.5 Å². The molecule has 2 aliphatic heterocycles. The van der Waals surface area contributed by atoms with Crippen molar-refractivity contribution in [2.45, 2.75) is 31.3 Å². The van der Waals surface area contributed by atoms with Crippen LogP contribution in [0.5, 0.6) is 11.5 Å². The van der Waals surface area contributed by atoms with E-state index in [-0.39, 0.29) is 11.8 Å². The van der Waals surface area contributed by atoms with Gasteiger partial charge < -0.3 is 20.1 Å². The average molecular weight is 276 g/mol. The molecule has 0 spiro atoms. The van der Waals surface area contributed by atoms with Crippen LogP contribution in [0.4, 0.5) is 5.69 Å². The second-order valence-corrected chi connectivity index (χ2v) is 5.45. The van der Waals surface area contributed by atoms with E-state index in [4.69, 9.17) is 9.47 Å². The highest BCUT2D eigenvalue weighted by molar-refractivity contribution is 5.95. The molecule has 2 bridgehead atoms. The molecule has 5 nitrogen and oxygen atoms in total. The van der Waals surface area contributed by atoms with Crippen molar-refractivity contribution in [2.24, 2.45) is 5.92 Å². The number of hydrogen-bond donors (Lipinski definition) is 2. The Kier molecular flexibility index (Phi) is 3.53. The summed E-state index contributed by atoms with van der Waals surface area (Å²) in [7, 11) is 3.20. The number of hydrogen-bond acceptors (Lipinski definition) is 4. The van der Waals surface area contributed by atoms with E-state index in [1.165, 1.54) is 6.42 Å². The van der Waals surface area contributed by atoms with E-state index < -0.39 is 0 Å². The molecular weight excluding hydrogens is 256 g/mol. The first kappa shape index (κ1) is 13.2. The Bertz CT molecular complexity index is 518. The van der Waals surface area contributed by atoms with Gasteiger partial charge in [0.2, 0.25) is 5.91 Å².